The Hall–Kier alpha value is -4.30. The molecule has 0 bridgehead atoms. The second kappa shape index (κ2) is 18.0. The zero-order valence-corrected chi connectivity index (χ0v) is 27.7. The minimum atomic E-state index is -0.454. The van der Waals surface area contributed by atoms with E-state index in [0.717, 1.165) is 60.2 Å². The average molecular weight is 646 g/mol. The number of halogens is 1. The maximum absolute atomic E-state index is 13.3. The number of methoxy groups -OCH3 is 1. The number of hydrogen-bond acceptors (Lipinski definition) is 6. The van der Waals surface area contributed by atoms with Crippen LogP contribution in [-0.2, 0) is 22.4 Å². The number of nitrogens with one attached hydrogen (secondary N) is 2. The summed E-state index contributed by atoms with van der Waals surface area (Å²) in [7, 11) is 1.64. The number of carbonyl (C=O) groups excluding carboxylic acids is 2. The van der Waals surface area contributed by atoms with E-state index in [9.17, 15) is 9.59 Å². The monoisotopic (exact) mass is 645 g/mol. The summed E-state index contributed by atoms with van der Waals surface area (Å²) in [6.07, 6.45) is 7.50. The van der Waals surface area contributed by atoms with Crippen molar-refractivity contribution in [2.75, 3.05) is 20.3 Å². The summed E-state index contributed by atoms with van der Waals surface area (Å²) < 4.78 is 16.8. The SMILES string of the molecule is CCCCOC(=O)c1cc(C(Cc2ncc(-c3ccc(Cl)cc3)[nH]2)NC(=O)CCCc2ccc(OC)cc2)ccc1OCCCC. The Labute approximate surface area is 276 Å². The Kier molecular flexibility index (Phi) is 13.5. The van der Waals surface area contributed by atoms with Gasteiger partial charge in [0.05, 0.1) is 38.3 Å². The largest absolute Gasteiger partial charge is 0.497 e. The summed E-state index contributed by atoms with van der Waals surface area (Å²) in [6.45, 7) is 4.97. The molecule has 0 radical (unpaired) electrons. The van der Waals surface area contributed by atoms with Gasteiger partial charge in [0, 0.05) is 17.9 Å². The Balaban J connectivity index is 1.55. The summed E-state index contributed by atoms with van der Waals surface area (Å²) in [6, 6.07) is 20.4. The highest BCUT2D eigenvalue weighted by molar-refractivity contribution is 6.30. The number of carbonyl (C=O) groups is 2. The Morgan fingerprint density at radius 1 is 0.935 bits per heavy atom. The van der Waals surface area contributed by atoms with Crippen LogP contribution in [0.3, 0.4) is 0 Å². The van der Waals surface area contributed by atoms with Crippen LogP contribution in [0.5, 0.6) is 11.5 Å². The molecular formula is C37H44ClN3O5. The lowest BCUT2D eigenvalue weighted by Crippen LogP contribution is -2.30. The molecule has 0 fully saturated rings. The van der Waals surface area contributed by atoms with Gasteiger partial charge in [0.25, 0.3) is 0 Å². The van der Waals surface area contributed by atoms with Gasteiger partial charge in [-0.15, -0.1) is 0 Å². The predicted octanol–water partition coefficient (Wildman–Crippen LogP) is 8.30. The molecule has 1 aromatic heterocycles. The summed E-state index contributed by atoms with van der Waals surface area (Å²) >= 11 is 6.08. The van der Waals surface area contributed by atoms with E-state index in [-0.39, 0.29) is 5.91 Å². The Morgan fingerprint density at radius 3 is 2.39 bits per heavy atom. The van der Waals surface area contributed by atoms with Crippen molar-refractivity contribution in [3.8, 4) is 22.8 Å². The molecule has 0 spiro atoms. The van der Waals surface area contributed by atoms with Gasteiger partial charge in [0.1, 0.15) is 22.9 Å². The van der Waals surface area contributed by atoms with E-state index in [0.29, 0.717) is 54.6 Å². The van der Waals surface area contributed by atoms with E-state index in [1.54, 1.807) is 25.4 Å². The first kappa shape index (κ1) is 34.6. The lowest BCUT2D eigenvalue weighted by molar-refractivity contribution is -0.121. The molecular weight excluding hydrogens is 602 g/mol. The molecule has 1 amide bonds. The van der Waals surface area contributed by atoms with Crippen molar-refractivity contribution in [3.05, 3.63) is 100 Å². The molecule has 244 valence electrons. The van der Waals surface area contributed by atoms with Crippen molar-refractivity contribution < 1.29 is 23.8 Å². The molecule has 8 nitrogen and oxygen atoms in total. The number of ether oxygens (including phenoxy) is 3. The Bertz CT molecular complexity index is 1540. The van der Waals surface area contributed by atoms with Crippen LogP contribution in [0, 0.1) is 0 Å². The van der Waals surface area contributed by atoms with Crippen molar-refractivity contribution in [2.24, 2.45) is 0 Å². The molecule has 0 aliphatic carbocycles. The van der Waals surface area contributed by atoms with Gasteiger partial charge in [0.15, 0.2) is 0 Å². The fraction of sp³-hybridized carbons (Fsp3) is 0.378. The molecule has 9 heteroatoms. The van der Waals surface area contributed by atoms with Crippen LogP contribution < -0.4 is 14.8 Å². The number of H-pyrrole nitrogens is 1. The third-order valence-electron chi connectivity index (χ3n) is 7.66. The highest BCUT2D eigenvalue weighted by atomic mass is 35.5. The molecule has 4 aromatic rings. The summed E-state index contributed by atoms with van der Waals surface area (Å²) in [5.41, 5.74) is 4.05. The van der Waals surface area contributed by atoms with Crippen LogP contribution in [0.1, 0.15) is 85.7 Å². The molecule has 0 saturated carbocycles. The second-order valence-corrected chi connectivity index (χ2v) is 11.7. The highest BCUT2D eigenvalue weighted by Gasteiger charge is 2.22. The normalized spacial score (nSPS) is 11.6. The number of esters is 1. The van der Waals surface area contributed by atoms with Crippen LogP contribution in [0.4, 0.5) is 0 Å². The molecule has 1 atom stereocenters. The van der Waals surface area contributed by atoms with E-state index in [4.69, 9.17) is 25.8 Å². The first-order chi connectivity index (χ1) is 22.4. The van der Waals surface area contributed by atoms with Crippen molar-refractivity contribution in [1.29, 1.82) is 0 Å². The maximum Gasteiger partial charge on any atom is 0.341 e. The molecule has 0 aliphatic rings. The number of amides is 1. The van der Waals surface area contributed by atoms with Gasteiger partial charge in [-0.1, -0.05) is 68.6 Å². The zero-order valence-electron chi connectivity index (χ0n) is 26.9. The van der Waals surface area contributed by atoms with Crippen LogP contribution in [0.25, 0.3) is 11.3 Å². The van der Waals surface area contributed by atoms with Crippen molar-refractivity contribution in [2.45, 2.75) is 71.3 Å². The summed E-state index contributed by atoms with van der Waals surface area (Å²) in [5, 5.41) is 3.86. The van der Waals surface area contributed by atoms with Crippen LogP contribution in [0.2, 0.25) is 5.02 Å². The molecule has 4 rings (SSSR count). The maximum atomic E-state index is 13.3. The fourth-order valence-electron chi connectivity index (χ4n) is 4.96. The molecule has 0 saturated heterocycles. The lowest BCUT2D eigenvalue weighted by Gasteiger charge is -2.20. The van der Waals surface area contributed by atoms with Crippen molar-refractivity contribution >= 4 is 23.5 Å². The van der Waals surface area contributed by atoms with Gasteiger partial charge in [-0.25, -0.2) is 9.78 Å². The van der Waals surface area contributed by atoms with Crippen LogP contribution in [-0.4, -0.2) is 42.2 Å². The number of hydrogen-bond donors (Lipinski definition) is 2. The van der Waals surface area contributed by atoms with E-state index in [2.05, 4.69) is 22.2 Å². The van der Waals surface area contributed by atoms with Gasteiger partial charge in [0.2, 0.25) is 5.91 Å². The quantitative estimate of drug-likeness (QED) is 0.0834. The fourth-order valence-corrected chi connectivity index (χ4v) is 5.09. The van der Waals surface area contributed by atoms with Gasteiger partial charge in [-0.3, -0.25) is 4.79 Å². The van der Waals surface area contributed by atoms with Crippen LogP contribution in [0.15, 0.2) is 72.9 Å². The van der Waals surface area contributed by atoms with E-state index < -0.39 is 12.0 Å². The number of aromatic nitrogens is 2. The highest BCUT2D eigenvalue weighted by Crippen LogP contribution is 2.28. The number of rotatable bonds is 18. The average Bonchev–Trinajstić information content (AvgIpc) is 3.54. The van der Waals surface area contributed by atoms with E-state index >= 15 is 0 Å². The number of nitrogens with zero attached hydrogens (tertiary/aromatic N) is 1. The van der Waals surface area contributed by atoms with Crippen LogP contribution >= 0.6 is 11.6 Å². The number of aromatic amines is 1. The first-order valence-corrected chi connectivity index (χ1v) is 16.4. The minimum absolute atomic E-state index is 0.0849. The van der Waals surface area contributed by atoms with Crippen molar-refractivity contribution in [1.82, 2.24) is 15.3 Å². The molecule has 3 aromatic carbocycles. The number of aryl methyl sites for hydroxylation is 1. The summed E-state index contributed by atoms with van der Waals surface area (Å²) in [4.78, 5) is 34.5. The number of imidazole rings is 1. The zero-order chi connectivity index (χ0) is 32.7. The second-order valence-electron chi connectivity index (χ2n) is 11.2. The van der Waals surface area contributed by atoms with E-state index in [1.807, 2.05) is 61.5 Å². The van der Waals surface area contributed by atoms with Crippen molar-refractivity contribution in [3.63, 3.8) is 0 Å². The topological polar surface area (TPSA) is 103 Å². The standard InChI is InChI=1S/C37H44ClN3O5/c1-4-6-21-45-34-20-15-28(23-31(34)37(43)46-22-7-5-2)32(24-35-39-25-33(40-35)27-13-16-29(38)17-14-27)41-36(42)10-8-9-26-11-18-30(44-3)19-12-26/h11-20,23,25,32H,4-10,21-22,24H2,1-3H3,(H,39,40)(H,41,42). The predicted molar refractivity (Wildman–Crippen MR) is 182 cm³/mol. The third-order valence-corrected chi connectivity index (χ3v) is 7.91. The minimum Gasteiger partial charge on any atom is -0.497 e. The molecule has 2 N–H and O–H groups in total. The van der Waals surface area contributed by atoms with Gasteiger partial charge < -0.3 is 24.5 Å². The van der Waals surface area contributed by atoms with Gasteiger partial charge in [-0.2, -0.15) is 0 Å². The number of benzene rings is 3. The molecule has 1 heterocycles. The van der Waals surface area contributed by atoms with Gasteiger partial charge in [-0.05, 0) is 78.8 Å². The summed E-state index contributed by atoms with van der Waals surface area (Å²) in [5.74, 6) is 1.46. The molecule has 0 aliphatic heterocycles. The molecule has 46 heavy (non-hydrogen) atoms. The lowest BCUT2D eigenvalue weighted by atomic mass is 9.99. The third kappa shape index (κ3) is 10.4. The Morgan fingerprint density at radius 2 is 1.67 bits per heavy atom. The first-order valence-electron chi connectivity index (χ1n) is 16.1. The molecule has 1 unspecified atom stereocenters. The number of unbranched alkanes of at least 4 members (excludes halogenated alkanes) is 2. The smallest absolute Gasteiger partial charge is 0.341 e. The van der Waals surface area contributed by atoms with Gasteiger partial charge >= 0.3 is 5.97 Å². The van der Waals surface area contributed by atoms with E-state index in [1.165, 1.54) is 0 Å².